The number of pyridine rings is 1. The number of thiocarbonyl (C=S) groups is 1. The van der Waals surface area contributed by atoms with Gasteiger partial charge in [0.15, 0.2) is 5.11 Å². The third kappa shape index (κ3) is 4.71. The van der Waals surface area contributed by atoms with Crippen LogP contribution < -0.4 is 15.0 Å². The number of hydrogen-bond donors (Lipinski definition) is 1. The van der Waals surface area contributed by atoms with E-state index in [4.69, 9.17) is 17.0 Å². The summed E-state index contributed by atoms with van der Waals surface area (Å²) < 4.78 is 9.38. The first-order chi connectivity index (χ1) is 18.6. The van der Waals surface area contributed by atoms with E-state index in [0.29, 0.717) is 5.11 Å². The standard InChI is InChI=1S/C31H25BrN4OS/c1-21-8-2-3-13-28(21)37-25-16-14-23(15-17-25)36-30(29(34-31(36)38)26-11-4-5-18-33-26)27-12-7-19-35(27)24-10-6-9-22(32)20-24/h2-20,29-30H,1H3,(H,34,38). The third-order valence-electron chi connectivity index (χ3n) is 6.70. The molecule has 0 bridgehead atoms. The van der Waals surface area contributed by atoms with Crippen molar-refractivity contribution in [3.63, 3.8) is 0 Å². The van der Waals surface area contributed by atoms with Gasteiger partial charge < -0.3 is 19.5 Å². The van der Waals surface area contributed by atoms with E-state index in [9.17, 15) is 0 Å². The highest BCUT2D eigenvalue weighted by atomic mass is 79.9. The van der Waals surface area contributed by atoms with Crippen molar-refractivity contribution in [2.24, 2.45) is 0 Å². The molecule has 1 fully saturated rings. The Labute approximate surface area is 235 Å². The van der Waals surface area contributed by atoms with Gasteiger partial charge in [0.1, 0.15) is 17.5 Å². The third-order valence-corrected chi connectivity index (χ3v) is 7.51. The van der Waals surface area contributed by atoms with Crippen molar-refractivity contribution in [1.82, 2.24) is 14.9 Å². The Balaban J connectivity index is 1.40. The number of nitrogens with zero attached hydrogens (tertiary/aromatic N) is 3. The molecule has 1 saturated heterocycles. The average molecular weight is 582 g/mol. The summed E-state index contributed by atoms with van der Waals surface area (Å²) >= 11 is 9.54. The summed E-state index contributed by atoms with van der Waals surface area (Å²) in [4.78, 5) is 6.86. The number of hydrogen-bond acceptors (Lipinski definition) is 3. The van der Waals surface area contributed by atoms with Gasteiger partial charge >= 0.3 is 0 Å². The number of ether oxygens (including phenoxy) is 1. The Morgan fingerprint density at radius 3 is 2.45 bits per heavy atom. The second-order valence-electron chi connectivity index (χ2n) is 9.14. The van der Waals surface area contributed by atoms with Gasteiger partial charge in [-0.25, -0.2) is 0 Å². The summed E-state index contributed by atoms with van der Waals surface area (Å²) in [5, 5.41) is 4.20. The Morgan fingerprint density at radius 2 is 1.68 bits per heavy atom. The zero-order valence-electron chi connectivity index (χ0n) is 20.7. The molecular formula is C31H25BrN4OS. The summed E-state index contributed by atoms with van der Waals surface area (Å²) in [5.74, 6) is 1.62. The molecule has 7 heteroatoms. The molecule has 3 heterocycles. The molecule has 1 aliphatic rings. The molecule has 0 radical (unpaired) electrons. The van der Waals surface area contributed by atoms with Crippen molar-refractivity contribution < 1.29 is 4.74 Å². The van der Waals surface area contributed by atoms with Crippen LogP contribution in [-0.2, 0) is 0 Å². The minimum absolute atomic E-state index is 0.130. The highest BCUT2D eigenvalue weighted by molar-refractivity contribution is 9.10. The zero-order valence-corrected chi connectivity index (χ0v) is 23.1. The summed E-state index contributed by atoms with van der Waals surface area (Å²) in [6.45, 7) is 2.04. The average Bonchev–Trinajstić information content (AvgIpc) is 3.55. The predicted molar refractivity (Wildman–Crippen MR) is 159 cm³/mol. The normalized spacial score (nSPS) is 16.9. The first-order valence-electron chi connectivity index (χ1n) is 12.4. The van der Waals surface area contributed by atoms with Crippen LogP contribution in [0.2, 0.25) is 0 Å². The molecule has 5 aromatic rings. The van der Waals surface area contributed by atoms with Gasteiger partial charge in [-0.1, -0.05) is 46.3 Å². The van der Waals surface area contributed by atoms with Crippen LogP contribution in [0.1, 0.15) is 29.0 Å². The van der Waals surface area contributed by atoms with Crippen molar-refractivity contribution >= 4 is 38.9 Å². The molecular weight excluding hydrogens is 556 g/mol. The largest absolute Gasteiger partial charge is 0.457 e. The number of aromatic nitrogens is 2. The predicted octanol–water partition coefficient (Wildman–Crippen LogP) is 7.91. The summed E-state index contributed by atoms with van der Waals surface area (Å²) in [6, 6.07) is 34.3. The van der Waals surface area contributed by atoms with Gasteiger partial charge in [-0.15, -0.1) is 0 Å². The Kier molecular flexibility index (Phi) is 6.70. The van der Waals surface area contributed by atoms with E-state index in [-0.39, 0.29) is 12.1 Å². The van der Waals surface area contributed by atoms with Gasteiger partial charge in [-0.2, -0.15) is 0 Å². The number of rotatable bonds is 6. The van der Waals surface area contributed by atoms with Crippen LogP contribution in [-0.4, -0.2) is 14.7 Å². The van der Waals surface area contributed by atoms with E-state index in [2.05, 4.69) is 78.3 Å². The quantitative estimate of drug-likeness (QED) is 0.207. The molecule has 0 spiro atoms. The van der Waals surface area contributed by atoms with Crippen LogP contribution in [0.5, 0.6) is 11.5 Å². The highest BCUT2D eigenvalue weighted by Crippen LogP contribution is 2.42. The van der Waals surface area contributed by atoms with Crippen LogP contribution in [0.25, 0.3) is 5.69 Å². The first-order valence-corrected chi connectivity index (χ1v) is 13.6. The zero-order chi connectivity index (χ0) is 26.1. The van der Waals surface area contributed by atoms with Crippen LogP contribution in [0.15, 0.2) is 120 Å². The van der Waals surface area contributed by atoms with Crippen molar-refractivity contribution in [2.45, 2.75) is 19.0 Å². The molecule has 1 N–H and O–H groups in total. The maximum atomic E-state index is 6.15. The molecule has 3 aromatic carbocycles. The number of aryl methyl sites for hydroxylation is 1. The fourth-order valence-corrected chi connectivity index (χ4v) is 5.64. The maximum absolute atomic E-state index is 6.15. The van der Waals surface area contributed by atoms with Gasteiger partial charge in [-0.05, 0) is 97.5 Å². The molecule has 1 aliphatic heterocycles. The molecule has 0 saturated carbocycles. The van der Waals surface area contributed by atoms with E-state index >= 15 is 0 Å². The van der Waals surface area contributed by atoms with Gasteiger partial charge in [0.25, 0.3) is 0 Å². The molecule has 2 atom stereocenters. The molecule has 5 nitrogen and oxygen atoms in total. The number of anilines is 1. The summed E-state index contributed by atoms with van der Waals surface area (Å²) in [7, 11) is 0. The second-order valence-corrected chi connectivity index (χ2v) is 10.4. The minimum Gasteiger partial charge on any atom is -0.457 e. The molecule has 0 amide bonds. The number of halogens is 1. The fourth-order valence-electron chi connectivity index (χ4n) is 4.90. The van der Waals surface area contributed by atoms with E-state index in [0.717, 1.165) is 44.3 Å². The number of benzene rings is 3. The molecule has 6 rings (SSSR count). The Morgan fingerprint density at radius 1 is 0.868 bits per heavy atom. The van der Waals surface area contributed by atoms with E-state index < -0.39 is 0 Å². The lowest BCUT2D eigenvalue weighted by Gasteiger charge is -2.29. The van der Waals surface area contributed by atoms with Crippen LogP contribution in [0, 0.1) is 6.92 Å². The van der Waals surface area contributed by atoms with Crippen molar-refractivity contribution in [3.05, 3.63) is 137 Å². The summed E-state index contributed by atoms with van der Waals surface area (Å²) in [6.07, 6.45) is 3.91. The van der Waals surface area contributed by atoms with Crippen molar-refractivity contribution in [2.75, 3.05) is 4.90 Å². The molecule has 2 aromatic heterocycles. The lowest BCUT2D eigenvalue weighted by Crippen LogP contribution is -2.30. The van der Waals surface area contributed by atoms with Crippen molar-refractivity contribution in [3.8, 4) is 17.2 Å². The van der Waals surface area contributed by atoms with Crippen LogP contribution in [0.4, 0.5) is 5.69 Å². The SMILES string of the molecule is Cc1ccccc1Oc1ccc(N2C(=S)NC(c3ccccn3)C2c2cccn2-c2cccc(Br)c2)cc1. The number of nitrogens with one attached hydrogen (secondary N) is 1. The topological polar surface area (TPSA) is 42.3 Å². The molecule has 0 aliphatic carbocycles. The minimum atomic E-state index is -0.132. The van der Waals surface area contributed by atoms with Crippen molar-refractivity contribution in [1.29, 1.82) is 0 Å². The second kappa shape index (κ2) is 10.4. The van der Waals surface area contributed by atoms with Gasteiger partial charge in [-0.3, -0.25) is 4.98 Å². The van der Waals surface area contributed by atoms with E-state index in [1.807, 2.05) is 79.9 Å². The highest BCUT2D eigenvalue weighted by Gasteiger charge is 2.42. The van der Waals surface area contributed by atoms with Crippen LogP contribution in [0.3, 0.4) is 0 Å². The smallest absolute Gasteiger partial charge is 0.174 e. The van der Waals surface area contributed by atoms with Gasteiger partial charge in [0, 0.05) is 33.9 Å². The van der Waals surface area contributed by atoms with E-state index in [1.165, 1.54) is 0 Å². The number of para-hydroxylation sites is 1. The molecule has 2 unspecified atom stereocenters. The monoisotopic (exact) mass is 580 g/mol. The summed E-state index contributed by atoms with van der Waals surface area (Å²) in [5.41, 5.74) is 5.17. The van der Waals surface area contributed by atoms with Gasteiger partial charge in [0.2, 0.25) is 0 Å². The molecule has 38 heavy (non-hydrogen) atoms. The van der Waals surface area contributed by atoms with E-state index in [1.54, 1.807) is 0 Å². The first kappa shape index (κ1) is 24.4. The van der Waals surface area contributed by atoms with Gasteiger partial charge in [0.05, 0.1) is 11.7 Å². The van der Waals surface area contributed by atoms with Crippen LogP contribution >= 0.6 is 28.1 Å². The Hall–Kier alpha value is -3.94. The lowest BCUT2D eigenvalue weighted by molar-refractivity contribution is 0.479. The molecule has 188 valence electrons. The fraction of sp³-hybridized carbons (Fsp3) is 0.0968. The lowest BCUT2D eigenvalue weighted by atomic mass is 10.0. The maximum Gasteiger partial charge on any atom is 0.174 e. The Bertz CT molecular complexity index is 1590.